The minimum atomic E-state index is -3.95. The van der Waals surface area contributed by atoms with E-state index >= 15 is 0 Å². The van der Waals surface area contributed by atoms with E-state index in [0.717, 1.165) is 27.4 Å². The van der Waals surface area contributed by atoms with Crippen LogP contribution in [0.4, 0.5) is 0 Å². The molecule has 3 aromatic rings. The lowest BCUT2D eigenvalue weighted by atomic mass is 10.0. The number of nitrogens with zero attached hydrogens (tertiary/aromatic N) is 2. The molecular weight excluding hydrogens is 526 g/mol. The SMILES string of the molecule is CCCNC(=O)C(Cc1ccccc1)N(Cc1ccccc1C)C(=O)CCCN1C(=O)c2ccccc2S1(=O)=O. The second kappa shape index (κ2) is 12.9. The third-order valence-electron chi connectivity index (χ3n) is 7.09. The smallest absolute Gasteiger partial charge is 0.269 e. The summed E-state index contributed by atoms with van der Waals surface area (Å²) in [6.07, 6.45) is 1.21. The Bertz CT molecular complexity index is 1470. The fraction of sp³-hybridized carbons (Fsp3) is 0.323. The maximum absolute atomic E-state index is 13.8. The standard InChI is InChI=1S/C31H35N3O5S/c1-3-19-32-30(36)27(21-24-13-5-4-6-14-24)33(22-25-15-8-7-12-23(25)2)29(35)18-11-20-34-31(37)26-16-9-10-17-28(26)40(34,38)39/h4-10,12-17,27H,3,11,18-22H2,1-2H3,(H,32,36). The Hall–Kier alpha value is -3.98. The van der Waals surface area contributed by atoms with Gasteiger partial charge in [0, 0.05) is 32.5 Å². The third-order valence-corrected chi connectivity index (χ3v) is 8.93. The molecule has 0 fully saturated rings. The molecule has 1 atom stereocenters. The molecule has 0 saturated carbocycles. The molecule has 0 bridgehead atoms. The van der Waals surface area contributed by atoms with Crippen molar-refractivity contribution in [2.75, 3.05) is 13.1 Å². The van der Waals surface area contributed by atoms with Crippen molar-refractivity contribution in [2.45, 2.75) is 57.0 Å². The number of amides is 3. The van der Waals surface area contributed by atoms with E-state index in [4.69, 9.17) is 0 Å². The lowest BCUT2D eigenvalue weighted by molar-refractivity contribution is -0.141. The summed E-state index contributed by atoms with van der Waals surface area (Å²) in [6.45, 7) is 4.53. The second-order valence-corrected chi connectivity index (χ2v) is 11.8. The summed E-state index contributed by atoms with van der Waals surface area (Å²) >= 11 is 0. The highest BCUT2D eigenvalue weighted by Crippen LogP contribution is 2.30. The van der Waals surface area contributed by atoms with Crippen LogP contribution in [0.15, 0.2) is 83.8 Å². The first kappa shape index (κ1) is 29.0. The first-order valence-corrected chi connectivity index (χ1v) is 15.0. The Morgan fingerprint density at radius 2 is 1.62 bits per heavy atom. The Kier molecular flexibility index (Phi) is 9.37. The van der Waals surface area contributed by atoms with Gasteiger partial charge in [-0.2, -0.15) is 0 Å². The van der Waals surface area contributed by atoms with Gasteiger partial charge in [0.2, 0.25) is 11.8 Å². The molecule has 4 rings (SSSR count). The number of sulfonamides is 1. The summed E-state index contributed by atoms with van der Waals surface area (Å²) in [6, 6.07) is 22.6. The van der Waals surface area contributed by atoms with Crippen molar-refractivity contribution >= 4 is 27.7 Å². The maximum atomic E-state index is 13.8. The van der Waals surface area contributed by atoms with Crippen molar-refractivity contribution in [2.24, 2.45) is 0 Å². The topological polar surface area (TPSA) is 104 Å². The molecule has 1 aliphatic heterocycles. The van der Waals surface area contributed by atoms with Gasteiger partial charge >= 0.3 is 0 Å². The summed E-state index contributed by atoms with van der Waals surface area (Å²) in [5.41, 5.74) is 2.99. The van der Waals surface area contributed by atoms with Crippen LogP contribution >= 0.6 is 0 Å². The van der Waals surface area contributed by atoms with Crippen LogP contribution in [0.25, 0.3) is 0 Å². The molecule has 1 N–H and O–H groups in total. The zero-order valence-corrected chi connectivity index (χ0v) is 23.7. The Labute approximate surface area is 236 Å². The fourth-order valence-corrected chi connectivity index (χ4v) is 6.47. The van der Waals surface area contributed by atoms with E-state index < -0.39 is 22.0 Å². The molecule has 1 aliphatic rings. The van der Waals surface area contributed by atoms with Gasteiger partial charge in [0.25, 0.3) is 15.9 Å². The van der Waals surface area contributed by atoms with Crippen LogP contribution < -0.4 is 5.32 Å². The first-order valence-electron chi connectivity index (χ1n) is 13.6. The summed E-state index contributed by atoms with van der Waals surface area (Å²) in [5, 5.41) is 2.95. The van der Waals surface area contributed by atoms with Crippen molar-refractivity contribution < 1.29 is 22.8 Å². The average molecular weight is 562 g/mol. The molecule has 0 radical (unpaired) electrons. The van der Waals surface area contributed by atoms with E-state index in [2.05, 4.69) is 5.32 Å². The van der Waals surface area contributed by atoms with E-state index in [1.54, 1.807) is 17.0 Å². The van der Waals surface area contributed by atoms with E-state index in [9.17, 15) is 22.8 Å². The molecule has 0 saturated heterocycles. The van der Waals surface area contributed by atoms with Gasteiger partial charge in [-0.15, -0.1) is 0 Å². The van der Waals surface area contributed by atoms with Crippen LogP contribution in [0.2, 0.25) is 0 Å². The van der Waals surface area contributed by atoms with E-state index in [0.29, 0.717) is 13.0 Å². The number of carbonyl (C=O) groups excluding carboxylic acids is 3. The average Bonchev–Trinajstić information content (AvgIpc) is 3.15. The molecule has 3 aromatic carbocycles. The van der Waals surface area contributed by atoms with Gasteiger partial charge in [-0.1, -0.05) is 73.7 Å². The van der Waals surface area contributed by atoms with Gasteiger partial charge in [-0.3, -0.25) is 14.4 Å². The van der Waals surface area contributed by atoms with Gasteiger partial charge in [-0.25, -0.2) is 12.7 Å². The quantitative estimate of drug-likeness (QED) is 0.359. The van der Waals surface area contributed by atoms with Crippen molar-refractivity contribution in [3.63, 3.8) is 0 Å². The summed E-state index contributed by atoms with van der Waals surface area (Å²) in [7, 11) is -3.95. The molecule has 9 heteroatoms. The second-order valence-electron chi connectivity index (χ2n) is 9.93. The van der Waals surface area contributed by atoms with Gasteiger partial charge < -0.3 is 10.2 Å². The van der Waals surface area contributed by atoms with E-state index in [1.807, 2.05) is 68.4 Å². The number of nitrogens with one attached hydrogen (secondary N) is 1. The van der Waals surface area contributed by atoms with Crippen LogP contribution in [0, 0.1) is 6.92 Å². The van der Waals surface area contributed by atoms with Gasteiger partial charge in [0.15, 0.2) is 0 Å². The normalized spacial score (nSPS) is 14.4. The molecule has 0 aromatic heterocycles. The van der Waals surface area contributed by atoms with Crippen molar-refractivity contribution in [1.29, 1.82) is 0 Å². The Balaban J connectivity index is 1.56. The van der Waals surface area contributed by atoms with Gasteiger partial charge in [-0.05, 0) is 48.6 Å². The van der Waals surface area contributed by atoms with Crippen LogP contribution in [-0.4, -0.2) is 54.5 Å². The zero-order chi connectivity index (χ0) is 28.7. The Morgan fingerprint density at radius 1 is 0.950 bits per heavy atom. The molecule has 1 unspecified atom stereocenters. The lowest BCUT2D eigenvalue weighted by Gasteiger charge is -2.32. The molecule has 0 aliphatic carbocycles. The molecular formula is C31H35N3O5S. The van der Waals surface area contributed by atoms with Crippen molar-refractivity contribution in [1.82, 2.24) is 14.5 Å². The lowest BCUT2D eigenvalue weighted by Crippen LogP contribution is -2.50. The predicted molar refractivity (Wildman–Crippen MR) is 153 cm³/mol. The summed E-state index contributed by atoms with van der Waals surface area (Å²) < 4.78 is 26.7. The van der Waals surface area contributed by atoms with Crippen LogP contribution in [0.5, 0.6) is 0 Å². The Morgan fingerprint density at radius 3 is 2.33 bits per heavy atom. The summed E-state index contributed by atoms with van der Waals surface area (Å²) in [5.74, 6) is -1.10. The molecule has 8 nitrogen and oxygen atoms in total. The molecule has 3 amide bonds. The predicted octanol–water partition coefficient (Wildman–Crippen LogP) is 4.09. The number of aryl methyl sites for hydroxylation is 1. The summed E-state index contributed by atoms with van der Waals surface area (Å²) in [4.78, 5) is 41.6. The number of carbonyl (C=O) groups is 3. The maximum Gasteiger partial charge on any atom is 0.269 e. The van der Waals surface area contributed by atoms with Gasteiger partial charge in [0.05, 0.1) is 5.56 Å². The molecule has 0 spiro atoms. The number of fused-ring (bicyclic) bond motifs is 1. The van der Waals surface area contributed by atoms with E-state index in [1.165, 1.54) is 12.1 Å². The van der Waals surface area contributed by atoms with Crippen molar-refractivity contribution in [3.8, 4) is 0 Å². The number of hydrogen-bond donors (Lipinski definition) is 1. The van der Waals surface area contributed by atoms with E-state index in [-0.39, 0.29) is 48.2 Å². The first-order chi connectivity index (χ1) is 19.2. The van der Waals surface area contributed by atoms with Crippen LogP contribution in [0.3, 0.4) is 0 Å². The van der Waals surface area contributed by atoms with Gasteiger partial charge in [0.1, 0.15) is 10.9 Å². The number of benzene rings is 3. The van der Waals surface area contributed by atoms with Crippen LogP contribution in [-0.2, 0) is 32.6 Å². The molecule has 210 valence electrons. The van der Waals surface area contributed by atoms with Crippen molar-refractivity contribution in [3.05, 3.63) is 101 Å². The zero-order valence-electron chi connectivity index (χ0n) is 22.9. The molecule has 1 heterocycles. The number of hydrogen-bond acceptors (Lipinski definition) is 5. The highest BCUT2D eigenvalue weighted by atomic mass is 32.2. The highest BCUT2D eigenvalue weighted by Gasteiger charge is 2.40. The third kappa shape index (κ3) is 6.42. The molecule has 40 heavy (non-hydrogen) atoms. The number of rotatable bonds is 12. The largest absolute Gasteiger partial charge is 0.354 e. The highest BCUT2D eigenvalue weighted by molar-refractivity contribution is 7.90. The monoisotopic (exact) mass is 561 g/mol. The fourth-order valence-electron chi connectivity index (χ4n) is 4.86. The minimum Gasteiger partial charge on any atom is -0.354 e. The van der Waals surface area contributed by atoms with Crippen LogP contribution in [0.1, 0.15) is 53.2 Å². The minimum absolute atomic E-state index is 0.0111.